The lowest BCUT2D eigenvalue weighted by atomic mass is 9.97. The number of benzene rings is 1. The van der Waals surface area contributed by atoms with Gasteiger partial charge in [0, 0.05) is 10.5 Å². The van der Waals surface area contributed by atoms with Crippen LogP contribution in [0.25, 0.3) is 0 Å². The standard InChI is InChI=1S/C15H20BrNO2/c1-4-17(15(2,3)14(18)19)13-8-5-10-9-11(16)6-7-12(10)13/h6-7,9,13H,4-5,8H2,1-3H3,(H,18,19). The Morgan fingerprint density at radius 1 is 1.53 bits per heavy atom. The number of aliphatic carboxylic acids is 1. The van der Waals surface area contributed by atoms with Gasteiger partial charge in [0.05, 0.1) is 0 Å². The van der Waals surface area contributed by atoms with Crippen molar-refractivity contribution in [3.05, 3.63) is 33.8 Å². The minimum atomic E-state index is -0.839. The summed E-state index contributed by atoms with van der Waals surface area (Å²) >= 11 is 3.49. The van der Waals surface area contributed by atoms with Crippen LogP contribution in [0.3, 0.4) is 0 Å². The maximum absolute atomic E-state index is 11.5. The Morgan fingerprint density at radius 2 is 2.21 bits per heavy atom. The molecule has 0 saturated carbocycles. The number of halogens is 1. The molecule has 0 heterocycles. The van der Waals surface area contributed by atoms with Gasteiger partial charge in [-0.15, -0.1) is 0 Å². The molecule has 0 spiro atoms. The van der Waals surface area contributed by atoms with Crippen LogP contribution in [0, 0.1) is 0 Å². The van der Waals surface area contributed by atoms with Crippen molar-refractivity contribution in [1.82, 2.24) is 4.90 Å². The molecule has 0 fully saturated rings. The average Bonchev–Trinajstić information content (AvgIpc) is 2.72. The highest BCUT2D eigenvalue weighted by molar-refractivity contribution is 9.10. The Morgan fingerprint density at radius 3 is 2.79 bits per heavy atom. The number of aryl methyl sites for hydroxylation is 1. The lowest BCUT2D eigenvalue weighted by Crippen LogP contribution is -2.51. The zero-order valence-corrected chi connectivity index (χ0v) is 13.2. The molecule has 1 aromatic rings. The van der Waals surface area contributed by atoms with Gasteiger partial charge in [0.15, 0.2) is 0 Å². The molecule has 4 heteroatoms. The summed E-state index contributed by atoms with van der Waals surface area (Å²) in [6.07, 6.45) is 2.02. The van der Waals surface area contributed by atoms with Crippen molar-refractivity contribution in [2.45, 2.75) is 45.2 Å². The first-order chi connectivity index (χ1) is 8.87. The number of rotatable bonds is 4. The normalized spacial score (nSPS) is 18.7. The fourth-order valence-corrected chi connectivity index (χ4v) is 3.42. The molecule has 0 amide bonds. The summed E-state index contributed by atoms with van der Waals surface area (Å²) in [6, 6.07) is 6.52. The molecule has 2 rings (SSSR count). The predicted molar refractivity (Wildman–Crippen MR) is 79.3 cm³/mol. The first kappa shape index (κ1) is 14.5. The van der Waals surface area contributed by atoms with Gasteiger partial charge in [-0.25, -0.2) is 0 Å². The molecule has 19 heavy (non-hydrogen) atoms. The third kappa shape index (κ3) is 2.56. The van der Waals surface area contributed by atoms with Gasteiger partial charge in [0.25, 0.3) is 0 Å². The van der Waals surface area contributed by atoms with Gasteiger partial charge in [-0.1, -0.05) is 28.9 Å². The van der Waals surface area contributed by atoms with Gasteiger partial charge < -0.3 is 5.11 Å². The minimum absolute atomic E-state index is 0.208. The zero-order chi connectivity index (χ0) is 14.2. The zero-order valence-electron chi connectivity index (χ0n) is 11.6. The van der Waals surface area contributed by atoms with Gasteiger partial charge >= 0.3 is 5.97 Å². The number of fused-ring (bicyclic) bond motifs is 1. The van der Waals surface area contributed by atoms with E-state index in [9.17, 15) is 9.90 Å². The quantitative estimate of drug-likeness (QED) is 0.919. The van der Waals surface area contributed by atoms with Crippen molar-refractivity contribution in [3.63, 3.8) is 0 Å². The van der Waals surface area contributed by atoms with Crippen LogP contribution in [0.15, 0.2) is 22.7 Å². The van der Waals surface area contributed by atoms with E-state index < -0.39 is 11.5 Å². The molecule has 0 bridgehead atoms. The third-order valence-electron chi connectivity index (χ3n) is 4.11. The van der Waals surface area contributed by atoms with E-state index in [1.54, 1.807) is 13.8 Å². The highest BCUT2D eigenvalue weighted by Gasteiger charge is 2.40. The van der Waals surface area contributed by atoms with E-state index in [0.717, 1.165) is 23.9 Å². The molecule has 0 aliphatic heterocycles. The second-order valence-electron chi connectivity index (χ2n) is 5.55. The lowest BCUT2D eigenvalue weighted by Gasteiger charge is -2.39. The van der Waals surface area contributed by atoms with E-state index in [1.165, 1.54) is 11.1 Å². The highest BCUT2D eigenvalue weighted by atomic mass is 79.9. The van der Waals surface area contributed by atoms with Gasteiger partial charge in [-0.3, -0.25) is 9.69 Å². The van der Waals surface area contributed by atoms with Crippen LogP contribution < -0.4 is 0 Å². The van der Waals surface area contributed by atoms with Crippen molar-refractivity contribution in [2.75, 3.05) is 6.54 Å². The molecule has 1 unspecified atom stereocenters. The van der Waals surface area contributed by atoms with E-state index >= 15 is 0 Å². The second kappa shape index (κ2) is 5.25. The molecule has 1 N–H and O–H groups in total. The summed E-state index contributed by atoms with van der Waals surface area (Å²) in [4.78, 5) is 13.6. The van der Waals surface area contributed by atoms with Crippen molar-refractivity contribution < 1.29 is 9.90 Å². The number of carbonyl (C=O) groups is 1. The number of likely N-dealkylation sites (N-methyl/N-ethyl adjacent to an activating group) is 1. The number of nitrogens with zero attached hydrogens (tertiary/aromatic N) is 1. The van der Waals surface area contributed by atoms with E-state index in [4.69, 9.17) is 0 Å². The first-order valence-electron chi connectivity index (χ1n) is 6.66. The van der Waals surface area contributed by atoms with Crippen LogP contribution in [0.4, 0.5) is 0 Å². The molecular formula is C15H20BrNO2. The molecule has 0 saturated heterocycles. The summed E-state index contributed by atoms with van der Waals surface area (Å²) in [5.74, 6) is -0.764. The summed E-state index contributed by atoms with van der Waals surface area (Å²) in [5.41, 5.74) is 1.77. The van der Waals surface area contributed by atoms with Crippen molar-refractivity contribution in [3.8, 4) is 0 Å². The van der Waals surface area contributed by atoms with Crippen LogP contribution in [-0.4, -0.2) is 28.1 Å². The Hall–Kier alpha value is -0.870. The molecule has 1 aliphatic rings. The number of hydrogen-bond acceptors (Lipinski definition) is 2. The topological polar surface area (TPSA) is 40.5 Å². The monoisotopic (exact) mass is 325 g/mol. The van der Waals surface area contributed by atoms with Crippen molar-refractivity contribution in [2.24, 2.45) is 0 Å². The van der Waals surface area contributed by atoms with Gasteiger partial charge in [-0.2, -0.15) is 0 Å². The van der Waals surface area contributed by atoms with E-state index in [2.05, 4.69) is 33.0 Å². The van der Waals surface area contributed by atoms with Crippen LogP contribution in [-0.2, 0) is 11.2 Å². The van der Waals surface area contributed by atoms with Crippen molar-refractivity contribution >= 4 is 21.9 Å². The molecule has 104 valence electrons. The number of carboxylic acids is 1. The van der Waals surface area contributed by atoms with Crippen LogP contribution >= 0.6 is 15.9 Å². The van der Waals surface area contributed by atoms with Crippen LogP contribution in [0.1, 0.15) is 44.4 Å². The summed E-state index contributed by atoms with van der Waals surface area (Å²) in [7, 11) is 0. The Kier molecular flexibility index (Phi) is 4.02. The molecule has 3 nitrogen and oxygen atoms in total. The highest BCUT2D eigenvalue weighted by Crippen LogP contribution is 2.40. The average molecular weight is 326 g/mol. The SMILES string of the molecule is CCN(C1CCc2cc(Br)ccc21)C(C)(C)C(=O)O. The Labute approximate surface area is 122 Å². The fourth-order valence-electron chi connectivity index (χ4n) is 3.02. The molecular weight excluding hydrogens is 306 g/mol. The molecule has 1 atom stereocenters. The maximum Gasteiger partial charge on any atom is 0.323 e. The molecule has 1 aliphatic carbocycles. The summed E-state index contributed by atoms with van der Waals surface area (Å²) in [6.45, 7) is 6.34. The largest absolute Gasteiger partial charge is 0.480 e. The van der Waals surface area contributed by atoms with E-state index in [1.807, 2.05) is 13.0 Å². The Balaban J connectivity index is 2.36. The minimum Gasteiger partial charge on any atom is -0.480 e. The Bertz CT molecular complexity index is 499. The van der Waals surface area contributed by atoms with Crippen LogP contribution in [0.2, 0.25) is 0 Å². The summed E-state index contributed by atoms with van der Waals surface area (Å²) < 4.78 is 1.09. The number of hydrogen-bond donors (Lipinski definition) is 1. The maximum atomic E-state index is 11.5. The first-order valence-corrected chi connectivity index (χ1v) is 7.45. The molecule has 0 radical (unpaired) electrons. The molecule has 0 aromatic heterocycles. The number of carboxylic acid groups (broad SMARTS) is 1. The van der Waals surface area contributed by atoms with E-state index in [-0.39, 0.29) is 6.04 Å². The van der Waals surface area contributed by atoms with Crippen molar-refractivity contribution in [1.29, 1.82) is 0 Å². The van der Waals surface area contributed by atoms with Gasteiger partial charge in [-0.05, 0) is 56.5 Å². The van der Waals surface area contributed by atoms with E-state index in [0.29, 0.717) is 0 Å². The fraction of sp³-hybridized carbons (Fsp3) is 0.533. The smallest absolute Gasteiger partial charge is 0.323 e. The second-order valence-corrected chi connectivity index (χ2v) is 6.46. The predicted octanol–water partition coefficient (Wildman–Crippen LogP) is 3.62. The lowest BCUT2D eigenvalue weighted by molar-refractivity contribution is -0.151. The third-order valence-corrected chi connectivity index (χ3v) is 4.60. The van der Waals surface area contributed by atoms with Gasteiger partial charge in [0.1, 0.15) is 5.54 Å². The van der Waals surface area contributed by atoms with Crippen LogP contribution in [0.5, 0.6) is 0 Å². The van der Waals surface area contributed by atoms with Gasteiger partial charge in [0.2, 0.25) is 0 Å². The molecule has 1 aromatic carbocycles. The summed E-state index contributed by atoms with van der Waals surface area (Å²) in [5, 5.41) is 9.45.